The van der Waals surface area contributed by atoms with Crippen molar-refractivity contribution >= 4 is 80.6 Å². The molecule has 0 saturated carbocycles. The molecule has 16 heterocycles. The minimum absolute atomic E-state index is 0.145. The highest BCUT2D eigenvalue weighted by molar-refractivity contribution is 6.08. The lowest BCUT2D eigenvalue weighted by Crippen LogP contribution is -2.53. The SMILES string of the molecule is CN(C)C[C@]1(O)CCCN(c2ccc(Nc3ccc(-c4cnc5cc(F)ccn45)c4c3C(=O)NC4)nc2)C1.Cn1nc(Nc2ccc(-c3cnc4cc(F)ccn34)c3c2C(=O)NC3)cc1C1(O)CCOCC1.O=C1NCc2c(-c3ccnn4ccnc34)ncc(Nc3ccc(N4CCC(O)CC4)cn3)c21. The fraction of sp³-hybridized carbons (Fsp3) is 0.293. The van der Waals surface area contributed by atoms with Crippen molar-refractivity contribution in [1.82, 2.24) is 79.0 Å². The maximum atomic E-state index is 13.7. The maximum Gasteiger partial charge on any atom is 0.254 e. The number of rotatable bonds is 14. The average Bonchev–Trinajstić information content (AvgIpc) is 1.64. The Morgan fingerprint density at radius 3 is 1.75 bits per heavy atom. The van der Waals surface area contributed by atoms with Crippen molar-refractivity contribution in [3.63, 3.8) is 0 Å². The second-order valence-corrected chi connectivity index (χ2v) is 27.4. The first kappa shape index (κ1) is 67.6. The predicted octanol–water partition coefficient (Wildman–Crippen LogP) is 8.41. The van der Waals surface area contributed by atoms with Crippen molar-refractivity contribution in [2.45, 2.75) is 75.5 Å². The number of aliphatic hydroxyl groups excluding tert-OH is 1. The fourth-order valence-electron chi connectivity index (χ4n) is 15.1. The summed E-state index contributed by atoms with van der Waals surface area (Å²) in [5.41, 5.74) is 13.5. The molecular weight excluding hydrogens is 1340 g/mol. The normalized spacial score (nSPS) is 17.6. The molecule has 2 aromatic carbocycles. The number of fused-ring (bicyclic) bond motifs is 6. The largest absolute Gasteiger partial charge is 0.393 e. The monoisotopic (exact) mass is 1420 g/mol. The van der Waals surface area contributed by atoms with Gasteiger partial charge >= 0.3 is 0 Å². The quantitative estimate of drug-likeness (QED) is 0.0493. The third kappa shape index (κ3) is 13.3. The molecule has 0 aliphatic carbocycles. The van der Waals surface area contributed by atoms with E-state index < -0.39 is 11.2 Å². The molecule has 3 fully saturated rings. The van der Waals surface area contributed by atoms with Crippen LogP contribution in [0.2, 0.25) is 0 Å². The number of ether oxygens (including phenoxy) is 1. The van der Waals surface area contributed by atoms with Gasteiger partial charge in [0.2, 0.25) is 0 Å². The van der Waals surface area contributed by atoms with E-state index in [0.717, 1.165) is 101 Å². The summed E-state index contributed by atoms with van der Waals surface area (Å²) in [6.07, 6.45) is 21.1. The van der Waals surface area contributed by atoms with Crippen LogP contribution in [-0.4, -0.2) is 168 Å². The number of hydrogen-bond acceptors (Lipinski definition) is 21. The number of nitrogens with one attached hydrogen (secondary N) is 6. The molecule has 28 nitrogen and oxygen atoms in total. The summed E-state index contributed by atoms with van der Waals surface area (Å²) < 4.78 is 39.6. The first-order valence-corrected chi connectivity index (χ1v) is 34.8. The summed E-state index contributed by atoms with van der Waals surface area (Å²) in [7, 11) is 5.74. The van der Waals surface area contributed by atoms with Crippen molar-refractivity contribution < 1.29 is 43.2 Å². The number of halogens is 2. The Morgan fingerprint density at radius 2 is 1.16 bits per heavy atom. The number of β-amino-alcohol motifs (C(OH)–C–C–N with tert-alkyl or cyclic N) is 1. The van der Waals surface area contributed by atoms with Crippen LogP contribution in [0.4, 0.5) is 54.7 Å². The Kier molecular flexibility index (Phi) is 17.9. The van der Waals surface area contributed by atoms with Gasteiger partial charge in [0.25, 0.3) is 17.7 Å². The minimum Gasteiger partial charge on any atom is -0.393 e. The Balaban J connectivity index is 0.000000121. The number of benzene rings is 2. The van der Waals surface area contributed by atoms with Crippen LogP contribution >= 0.6 is 0 Å². The number of amides is 3. The molecule has 12 aromatic rings. The van der Waals surface area contributed by atoms with Gasteiger partial charge in [-0.3, -0.25) is 32.9 Å². The van der Waals surface area contributed by atoms with Crippen LogP contribution in [0.5, 0.6) is 0 Å². The number of nitrogens with zero attached hydrogens (tertiary/aromatic N) is 15. The fourth-order valence-corrected chi connectivity index (χ4v) is 15.1. The number of likely N-dealkylation sites (N-methyl/N-ethyl adjacent to an activating group) is 1. The molecule has 9 N–H and O–H groups in total. The second kappa shape index (κ2) is 27.7. The summed E-state index contributed by atoms with van der Waals surface area (Å²) >= 11 is 0. The number of hydrogen-bond donors (Lipinski definition) is 9. The van der Waals surface area contributed by atoms with Crippen molar-refractivity contribution in [2.75, 3.05) is 85.8 Å². The van der Waals surface area contributed by atoms with E-state index in [-0.39, 0.29) is 35.5 Å². The number of piperidine rings is 2. The zero-order valence-electron chi connectivity index (χ0n) is 57.7. The molecule has 0 radical (unpaired) electrons. The zero-order chi connectivity index (χ0) is 72.3. The molecule has 0 spiro atoms. The van der Waals surface area contributed by atoms with Crippen LogP contribution in [0.15, 0.2) is 147 Å². The molecule has 30 heteroatoms. The van der Waals surface area contributed by atoms with E-state index in [0.29, 0.717) is 138 Å². The van der Waals surface area contributed by atoms with Crippen LogP contribution in [0.3, 0.4) is 0 Å². The zero-order valence-corrected chi connectivity index (χ0v) is 57.7. The van der Waals surface area contributed by atoms with E-state index >= 15 is 0 Å². The van der Waals surface area contributed by atoms with Crippen LogP contribution in [0, 0.1) is 11.6 Å². The summed E-state index contributed by atoms with van der Waals surface area (Å²) in [5.74, 6) is 0.602. The summed E-state index contributed by atoms with van der Waals surface area (Å²) in [4.78, 5) is 71.6. The predicted molar refractivity (Wildman–Crippen MR) is 389 cm³/mol. The summed E-state index contributed by atoms with van der Waals surface area (Å²) in [5, 5.41) is 59.2. The molecule has 536 valence electrons. The van der Waals surface area contributed by atoms with Gasteiger partial charge in [0, 0.05) is 157 Å². The highest BCUT2D eigenvalue weighted by Crippen LogP contribution is 2.41. The van der Waals surface area contributed by atoms with Gasteiger partial charge < -0.3 is 66.7 Å². The van der Waals surface area contributed by atoms with Crippen LogP contribution in [-0.2, 0) is 37.0 Å². The highest BCUT2D eigenvalue weighted by atomic mass is 19.1. The van der Waals surface area contributed by atoms with E-state index in [1.807, 2.05) is 90.3 Å². The second-order valence-electron chi connectivity index (χ2n) is 27.4. The third-order valence-corrected chi connectivity index (χ3v) is 20.1. The number of aliphatic hydroxyl groups is 3. The van der Waals surface area contributed by atoms with Gasteiger partial charge in [-0.15, -0.1) is 0 Å². The van der Waals surface area contributed by atoms with Gasteiger partial charge in [0.15, 0.2) is 11.5 Å². The number of carbonyl (C=O) groups is 3. The molecule has 6 aliphatic rings. The number of anilines is 8. The molecule has 3 amide bonds. The Labute approximate surface area is 599 Å². The highest BCUT2D eigenvalue weighted by Gasteiger charge is 2.38. The number of pyridine rings is 5. The first-order valence-electron chi connectivity index (χ1n) is 34.8. The molecule has 0 unspecified atom stereocenters. The molecule has 105 heavy (non-hydrogen) atoms. The lowest BCUT2D eigenvalue weighted by atomic mass is 9.90. The van der Waals surface area contributed by atoms with E-state index in [2.05, 4.69) is 81.8 Å². The average molecular weight is 1420 g/mol. The van der Waals surface area contributed by atoms with Crippen LogP contribution < -0.4 is 41.7 Å². The van der Waals surface area contributed by atoms with Gasteiger partial charge in [-0.1, -0.05) is 12.1 Å². The number of aromatic nitrogens is 12. The minimum atomic E-state index is -0.994. The van der Waals surface area contributed by atoms with Crippen molar-refractivity contribution in [2.24, 2.45) is 7.05 Å². The van der Waals surface area contributed by atoms with Gasteiger partial charge in [-0.2, -0.15) is 10.2 Å². The third-order valence-electron chi connectivity index (χ3n) is 20.1. The number of imidazole rings is 3. The van der Waals surface area contributed by atoms with Crippen LogP contribution in [0.1, 0.15) is 92.0 Å². The maximum absolute atomic E-state index is 13.7. The molecule has 1 atom stereocenters. The standard InChI is InChI=1S/C28H30FN7O2.C24H23FN6O3.C23H22N8O2/c1-34(2)16-28(38)9-3-10-35(17-28)19-4-7-24(30-13-19)33-22-6-5-20(21-14-32-27(37)26(21)22)23-15-31-25-12-18(29)8-11-36(23)25;1-30-19(24(33)5-8-34-9-6-24)11-20(29-30)28-17-3-2-15(16-12-27-23(32)22(16)17)18-13-26-21-10-14(25)4-7-31(18)21;32-15-4-8-30(9-5-15)14-1-2-19(25-11-14)29-18-13-26-21(17-12-27-23(33)20(17)18)16-3-6-28-31-10-7-24-22(16)31/h4-8,11-13,15,38H,3,9-10,14,16-17H2,1-2H3,(H,30,33)(H,32,37);2-4,7,10-11,13,33H,5-6,8-9,12H2,1H3,(H,27,32)(H,28,29);1-3,6-7,10-11,13,15,32H,4-5,8-9,12H2,(H,25,29)(H,27,33)/t28-;;/m1../s1. The van der Waals surface area contributed by atoms with Crippen molar-refractivity contribution in [3.8, 4) is 33.8 Å². The summed E-state index contributed by atoms with van der Waals surface area (Å²) in [6.45, 7) is 5.83. The van der Waals surface area contributed by atoms with E-state index in [1.54, 1.807) is 76.4 Å². The van der Waals surface area contributed by atoms with Crippen molar-refractivity contribution in [1.29, 1.82) is 0 Å². The van der Waals surface area contributed by atoms with E-state index in [1.165, 1.54) is 24.3 Å². The van der Waals surface area contributed by atoms with Crippen LogP contribution in [0.25, 0.3) is 50.7 Å². The van der Waals surface area contributed by atoms with Gasteiger partial charge in [-0.05, 0) is 106 Å². The van der Waals surface area contributed by atoms with Gasteiger partial charge in [0.1, 0.15) is 40.2 Å². The Morgan fingerprint density at radius 1 is 0.590 bits per heavy atom. The molecule has 3 saturated heterocycles. The Hall–Kier alpha value is -11.8. The van der Waals surface area contributed by atoms with E-state index in [4.69, 9.17) is 4.74 Å². The first-order chi connectivity index (χ1) is 50.9. The van der Waals surface area contributed by atoms with Gasteiger partial charge in [-0.25, -0.2) is 38.2 Å². The smallest absolute Gasteiger partial charge is 0.254 e. The lowest BCUT2D eigenvalue weighted by Gasteiger charge is -2.41. The lowest BCUT2D eigenvalue weighted by molar-refractivity contribution is -0.0725. The summed E-state index contributed by atoms with van der Waals surface area (Å²) in [6, 6.07) is 24.5. The van der Waals surface area contributed by atoms with Crippen molar-refractivity contribution in [3.05, 3.63) is 198 Å². The molecule has 0 bridgehead atoms. The molecule has 10 aromatic heterocycles. The topological polar surface area (TPSA) is 324 Å². The molecular formula is C75H75F2N21O7. The number of aryl methyl sites for hydroxylation is 1. The number of carbonyl (C=O) groups excluding carboxylic acids is 3. The van der Waals surface area contributed by atoms with E-state index in [9.17, 15) is 38.5 Å². The molecule has 6 aliphatic heterocycles. The molecule has 18 rings (SSSR count). The Bertz CT molecular complexity index is 5340. The van der Waals surface area contributed by atoms with Gasteiger partial charge in [0.05, 0.1) is 111 Å².